The second kappa shape index (κ2) is 12.0. The number of carbonyl (C=O) groups is 2. The van der Waals surface area contributed by atoms with E-state index in [9.17, 15) is 9.59 Å². The number of nitrogens with zero attached hydrogens (tertiary/aromatic N) is 6. The fourth-order valence-corrected chi connectivity index (χ4v) is 5.41. The summed E-state index contributed by atoms with van der Waals surface area (Å²) in [4.78, 5) is 36.4. The van der Waals surface area contributed by atoms with Gasteiger partial charge in [-0.25, -0.2) is 4.52 Å². The third kappa shape index (κ3) is 6.14. The van der Waals surface area contributed by atoms with E-state index in [1.807, 2.05) is 53.4 Å². The predicted molar refractivity (Wildman–Crippen MR) is 154 cm³/mol. The van der Waals surface area contributed by atoms with Crippen molar-refractivity contribution >= 4 is 34.7 Å². The lowest BCUT2D eigenvalue weighted by Crippen LogP contribution is -2.44. The molecular weight excluding hydrogens is 490 g/mol. The molecule has 2 aliphatic heterocycles. The minimum Gasteiger partial charge on any atom is -0.339 e. The van der Waals surface area contributed by atoms with Gasteiger partial charge in [-0.15, -0.1) is 5.10 Å². The molecule has 2 aromatic heterocycles. The molecule has 0 bridgehead atoms. The third-order valence-electron chi connectivity index (χ3n) is 7.96. The summed E-state index contributed by atoms with van der Waals surface area (Å²) in [6, 6.07) is 11.8. The van der Waals surface area contributed by atoms with E-state index in [-0.39, 0.29) is 17.9 Å². The Balaban J connectivity index is 1.25. The van der Waals surface area contributed by atoms with Crippen LogP contribution in [0.1, 0.15) is 61.4 Å². The third-order valence-corrected chi connectivity index (χ3v) is 7.96. The van der Waals surface area contributed by atoms with Gasteiger partial charge in [-0.2, -0.15) is 4.98 Å². The molecule has 2 amide bonds. The van der Waals surface area contributed by atoms with E-state index < -0.39 is 0 Å². The largest absolute Gasteiger partial charge is 0.339 e. The van der Waals surface area contributed by atoms with E-state index in [0.29, 0.717) is 24.5 Å². The van der Waals surface area contributed by atoms with Crippen molar-refractivity contribution in [1.29, 1.82) is 0 Å². The number of likely N-dealkylation sites (tertiary alicyclic amines) is 1. The van der Waals surface area contributed by atoms with Crippen molar-refractivity contribution in [2.24, 2.45) is 0 Å². The van der Waals surface area contributed by atoms with E-state index in [1.165, 1.54) is 5.57 Å². The van der Waals surface area contributed by atoms with Crippen molar-refractivity contribution in [1.82, 2.24) is 29.3 Å². The standard InChI is InChI=1S/C30H39N7O2/c1-4-5-8-27(38)36-20-13-22(14-21-36)26-7-6-17-37-28(26)32-30(33-37)31-24-11-9-23(10-12-24)29(39)35(3)25-15-18-34(2)19-16-25/h6-7,9-13,17,25H,4-5,8,14-16,18-21H2,1-3H3,(H,31,33). The number of unbranched alkanes of at least 4 members (excludes halogenated alkanes) is 1. The molecule has 0 unspecified atom stereocenters. The molecule has 4 heterocycles. The first-order valence-corrected chi connectivity index (χ1v) is 14.1. The number of fused-ring (bicyclic) bond motifs is 1. The van der Waals surface area contributed by atoms with Gasteiger partial charge in [-0.05, 0) is 87.8 Å². The summed E-state index contributed by atoms with van der Waals surface area (Å²) in [5.74, 6) is 0.788. The second-order valence-corrected chi connectivity index (χ2v) is 10.7. The molecular formula is C30H39N7O2. The van der Waals surface area contributed by atoms with Crippen molar-refractivity contribution in [2.75, 3.05) is 45.6 Å². The van der Waals surface area contributed by atoms with Gasteiger partial charge in [-0.3, -0.25) is 9.59 Å². The monoisotopic (exact) mass is 529 g/mol. The smallest absolute Gasteiger partial charge is 0.253 e. The first kappa shape index (κ1) is 26.9. The number of amides is 2. The Morgan fingerprint density at radius 3 is 2.56 bits per heavy atom. The number of piperidine rings is 1. The zero-order valence-electron chi connectivity index (χ0n) is 23.3. The van der Waals surface area contributed by atoms with Gasteiger partial charge in [0, 0.05) is 55.6 Å². The Bertz CT molecular complexity index is 1340. The summed E-state index contributed by atoms with van der Waals surface area (Å²) in [5.41, 5.74) is 4.51. The maximum atomic E-state index is 13.0. The Kier molecular flexibility index (Phi) is 8.26. The predicted octanol–water partition coefficient (Wildman–Crippen LogP) is 4.45. The van der Waals surface area contributed by atoms with Gasteiger partial charge in [0.2, 0.25) is 11.9 Å². The summed E-state index contributed by atoms with van der Waals surface area (Å²) in [7, 11) is 4.04. The molecule has 0 radical (unpaired) electrons. The summed E-state index contributed by atoms with van der Waals surface area (Å²) < 4.78 is 1.78. The van der Waals surface area contributed by atoms with E-state index in [1.54, 1.807) is 4.52 Å². The molecule has 0 atom stereocenters. The number of anilines is 2. The highest BCUT2D eigenvalue weighted by Crippen LogP contribution is 2.27. The van der Waals surface area contributed by atoms with Crippen molar-refractivity contribution in [3.05, 3.63) is 59.8 Å². The molecule has 0 aliphatic carbocycles. The molecule has 1 aromatic carbocycles. The van der Waals surface area contributed by atoms with Crippen LogP contribution in [0.4, 0.5) is 11.6 Å². The van der Waals surface area contributed by atoms with Crippen LogP contribution in [0, 0.1) is 0 Å². The maximum Gasteiger partial charge on any atom is 0.253 e. The van der Waals surface area contributed by atoms with Gasteiger partial charge in [0.15, 0.2) is 5.65 Å². The van der Waals surface area contributed by atoms with Crippen LogP contribution in [-0.2, 0) is 4.79 Å². The number of hydrogen-bond donors (Lipinski definition) is 1. The lowest BCUT2D eigenvalue weighted by atomic mass is 10.00. The lowest BCUT2D eigenvalue weighted by molar-refractivity contribution is -0.130. The first-order valence-electron chi connectivity index (χ1n) is 14.1. The molecule has 5 rings (SSSR count). The molecule has 1 saturated heterocycles. The first-order chi connectivity index (χ1) is 18.9. The highest BCUT2D eigenvalue weighted by molar-refractivity contribution is 5.94. The SMILES string of the molecule is CCCCC(=O)N1CC=C(c2cccn3nc(Nc4ccc(C(=O)N(C)C5CCN(C)CC5)cc4)nc23)CC1. The van der Waals surface area contributed by atoms with Gasteiger partial charge in [0.25, 0.3) is 5.91 Å². The zero-order valence-corrected chi connectivity index (χ0v) is 23.3. The molecule has 0 spiro atoms. The van der Waals surface area contributed by atoms with Crippen LogP contribution in [0.25, 0.3) is 11.2 Å². The average Bonchev–Trinajstić information content (AvgIpc) is 3.38. The van der Waals surface area contributed by atoms with Gasteiger partial charge < -0.3 is 20.0 Å². The highest BCUT2D eigenvalue weighted by Gasteiger charge is 2.25. The minimum atomic E-state index is 0.0537. The topological polar surface area (TPSA) is 86.1 Å². The van der Waals surface area contributed by atoms with Crippen LogP contribution < -0.4 is 5.32 Å². The minimum absolute atomic E-state index is 0.0537. The second-order valence-electron chi connectivity index (χ2n) is 10.7. The van der Waals surface area contributed by atoms with Gasteiger partial charge in [0.05, 0.1) is 0 Å². The Labute approximate surface area is 230 Å². The van der Waals surface area contributed by atoms with Crippen molar-refractivity contribution in [2.45, 2.75) is 51.5 Å². The zero-order chi connectivity index (χ0) is 27.4. The number of rotatable bonds is 8. The fraction of sp³-hybridized carbons (Fsp3) is 0.467. The quantitative estimate of drug-likeness (QED) is 0.464. The highest BCUT2D eigenvalue weighted by atomic mass is 16.2. The van der Waals surface area contributed by atoms with Crippen molar-refractivity contribution in [3.63, 3.8) is 0 Å². The fourth-order valence-electron chi connectivity index (χ4n) is 5.41. The van der Waals surface area contributed by atoms with Gasteiger partial charge in [-0.1, -0.05) is 19.4 Å². The van der Waals surface area contributed by atoms with Crippen LogP contribution in [0.3, 0.4) is 0 Å². The van der Waals surface area contributed by atoms with Crippen molar-refractivity contribution < 1.29 is 9.59 Å². The van der Waals surface area contributed by atoms with E-state index in [0.717, 1.165) is 68.6 Å². The Morgan fingerprint density at radius 2 is 1.87 bits per heavy atom. The molecule has 1 N–H and O–H groups in total. The molecule has 39 heavy (non-hydrogen) atoms. The summed E-state index contributed by atoms with van der Waals surface area (Å²) >= 11 is 0. The van der Waals surface area contributed by atoms with Crippen LogP contribution >= 0.6 is 0 Å². The number of nitrogens with one attached hydrogen (secondary N) is 1. The molecule has 206 valence electrons. The number of aromatic nitrogens is 3. The van der Waals surface area contributed by atoms with Crippen LogP contribution in [0.2, 0.25) is 0 Å². The van der Waals surface area contributed by atoms with E-state index in [2.05, 4.69) is 41.4 Å². The number of hydrogen-bond acceptors (Lipinski definition) is 6. The number of carbonyl (C=O) groups excluding carboxylic acids is 2. The molecule has 1 fully saturated rings. The summed E-state index contributed by atoms with van der Waals surface area (Å²) in [6.07, 6.45) is 9.44. The molecule has 9 nitrogen and oxygen atoms in total. The molecule has 2 aliphatic rings. The van der Waals surface area contributed by atoms with E-state index in [4.69, 9.17) is 4.98 Å². The summed E-state index contributed by atoms with van der Waals surface area (Å²) in [5, 5.41) is 7.90. The average molecular weight is 530 g/mol. The van der Waals surface area contributed by atoms with Crippen LogP contribution in [0.5, 0.6) is 0 Å². The Hall–Kier alpha value is -3.72. The van der Waals surface area contributed by atoms with Crippen LogP contribution in [0.15, 0.2) is 48.7 Å². The molecule has 9 heteroatoms. The maximum absolute atomic E-state index is 13.0. The Morgan fingerprint density at radius 1 is 1.10 bits per heavy atom. The van der Waals surface area contributed by atoms with Crippen LogP contribution in [-0.4, -0.2) is 87.4 Å². The van der Waals surface area contributed by atoms with Crippen molar-refractivity contribution in [3.8, 4) is 0 Å². The normalized spacial score (nSPS) is 16.8. The van der Waals surface area contributed by atoms with Gasteiger partial charge in [0.1, 0.15) is 0 Å². The van der Waals surface area contributed by atoms with Gasteiger partial charge >= 0.3 is 0 Å². The lowest BCUT2D eigenvalue weighted by Gasteiger charge is -2.35. The van der Waals surface area contributed by atoms with E-state index >= 15 is 0 Å². The number of benzene rings is 1. The molecule has 3 aromatic rings. The number of pyridine rings is 1. The molecule has 0 saturated carbocycles. The summed E-state index contributed by atoms with van der Waals surface area (Å²) in [6.45, 7) is 5.51.